The lowest BCUT2D eigenvalue weighted by molar-refractivity contribution is 0.0939. The van der Waals surface area contributed by atoms with Gasteiger partial charge in [0.25, 0.3) is 11.5 Å². The van der Waals surface area contributed by atoms with E-state index >= 15 is 0 Å². The summed E-state index contributed by atoms with van der Waals surface area (Å²) in [6, 6.07) is 23.2. The highest BCUT2D eigenvalue weighted by Gasteiger charge is 2.22. The highest BCUT2D eigenvalue weighted by atomic mass is 16.2. The highest BCUT2D eigenvalue weighted by molar-refractivity contribution is 6.15. The van der Waals surface area contributed by atoms with Crippen LogP contribution < -0.4 is 10.9 Å². The van der Waals surface area contributed by atoms with Crippen molar-refractivity contribution in [3.05, 3.63) is 112 Å². The van der Waals surface area contributed by atoms with Crippen LogP contribution in [0.2, 0.25) is 0 Å². The molecule has 1 N–H and O–H groups in total. The molecule has 5 rings (SSSR count). The Bertz CT molecular complexity index is 1420. The van der Waals surface area contributed by atoms with E-state index in [4.69, 9.17) is 0 Å². The van der Waals surface area contributed by atoms with Gasteiger partial charge in [-0.15, -0.1) is 0 Å². The number of ketones is 1. The number of hydrogen-bond acceptors (Lipinski definition) is 4. The van der Waals surface area contributed by atoms with Crippen LogP contribution in [0.4, 0.5) is 0 Å². The molecule has 3 aromatic carbocycles. The number of nitrogens with zero attached hydrogens (tertiary/aromatic N) is 2. The van der Waals surface area contributed by atoms with Gasteiger partial charge in [0, 0.05) is 16.5 Å². The average Bonchev–Trinajstić information content (AvgIpc) is 3.43. The van der Waals surface area contributed by atoms with E-state index in [1.807, 2.05) is 30.3 Å². The molecule has 0 unspecified atom stereocenters. The molecule has 0 radical (unpaired) electrons. The Kier molecular flexibility index (Phi) is 6.04. The van der Waals surface area contributed by atoms with Crippen LogP contribution in [0.15, 0.2) is 83.7 Å². The summed E-state index contributed by atoms with van der Waals surface area (Å²) in [6.07, 6.45) is 4.05. The maximum atomic E-state index is 13.2. The first-order chi connectivity index (χ1) is 16.6. The maximum absolute atomic E-state index is 13.2. The monoisotopic (exact) mass is 451 g/mol. The summed E-state index contributed by atoms with van der Waals surface area (Å²) in [5, 5.41) is 8.94. The first-order valence-corrected chi connectivity index (χ1v) is 11.6. The van der Waals surface area contributed by atoms with E-state index in [0.717, 1.165) is 31.1 Å². The second-order valence-corrected chi connectivity index (χ2v) is 8.60. The second kappa shape index (κ2) is 9.43. The van der Waals surface area contributed by atoms with E-state index in [9.17, 15) is 14.4 Å². The molecule has 0 bridgehead atoms. The quantitative estimate of drug-likeness (QED) is 0.432. The van der Waals surface area contributed by atoms with Crippen LogP contribution in [-0.4, -0.2) is 21.5 Å². The number of carbonyl (C=O) groups is 2. The van der Waals surface area contributed by atoms with Crippen molar-refractivity contribution >= 4 is 22.5 Å². The molecular weight excluding hydrogens is 426 g/mol. The molecule has 0 aliphatic heterocycles. The van der Waals surface area contributed by atoms with E-state index in [1.54, 1.807) is 53.2 Å². The standard InChI is InChI=1S/C28H25N3O3/c32-26(19-10-2-1-3-11-19)22-15-7-8-16-23(22)27(33)29-18-25-21-14-6-9-17-24(21)28(34)31(30-25)20-12-4-5-13-20/h1-3,6-11,14-17,20H,4-5,12-13,18H2,(H,29,33). The van der Waals surface area contributed by atoms with E-state index in [2.05, 4.69) is 10.4 Å². The van der Waals surface area contributed by atoms with E-state index in [0.29, 0.717) is 27.8 Å². The van der Waals surface area contributed by atoms with Crippen molar-refractivity contribution in [1.82, 2.24) is 15.1 Å². The molecule has 0 spiro atoms. The number of carbonyl (C=O) groups excluding carboxylic acids is 2. The van der Waals surface area contributed by atoms with E-state index in [1.165, 1.54) is 0 Å². The Balaban J connectivity index is 1.45. The summed E-state index contributed by atoms with van der Waals surface area (Å²) < 4.78 is 1.60. The number of nitrogens with one attached hydrogen (secondary N) is 1. The molecule has 6 nitrogen and oxygen atoms in total. The van der Waals surface area contributed by atoms with Gasteiger partial charge in [0.2, 0.25) is 0 Å². The molecule has 34 heavy (non-hydrogen) atoms. The summed E-state index contributed by atoms with van der Waals surface area (Å²) >= 11 is 0. The van der Waals surface area contributed by atoms with Crippen molar-refractivity contribution in [2.45, 2.75) is 38.3 Å². The predicted octanol–water partition coefficient (Wildman–Crippen LogP) is 4.67. The average molecular weight is 452 g/mol. The lowest BCUT2D eigenvalue weighted by Gasteiger charge is -2.16. The third kappa shape index (κ3) is 4.15. The van der Waals surface area contributed by atoms with E-state index in [-0.39, 0.29) is 29.8 Å². The van der Waals surface area contributed by atoms with Gasteiger partial charge in [0.1, 0.15) is 0 Å². The largest absolute Gasteiger partial charge is 0.346 e. The molecule has 1 aromatic heterocycles. The van der Waals surface area contributed by atoms with Crippen LogP contribution in [0.25, 0.3) is 10.8 Å². The fraction of sp³-hybridized carbons (Fsp3) is 0.214. The third-order valence-electron chi connectivity index (χ3n) is 6.44. The first kappa shape index (κ1) is 21.8. The zero-order valence-corrected chi connectivity index (χ0v) is 18.7. The zero-order chi connectivity index (χ0) is 23.5. The zero-order valence-electron chi connectivity index (χ0n) is 18.7. The fourth-order valence-electron chi connectivity index (χ4n) is 4.68. The predicted molar refractivity (Wildman–Crippen MR) is 131 cm³/mol. The van der Waals surface area contributed by atoms with Crippen molar-refractivity contribution in [1.29, 1.82) is 0 Å². The van der Waals surface area contributed by atoms with Gasteiger partial charge in [0.05, 0.1) is 29.2 Å². The molecule has 170 valence electrons. The van der Waals surface area contributed by atoms with Gasteiger partial charge in [-0.3, -0.25) is 14.4 Å². The Labute approximate surface area is 197 Å². The molecule has 1 saturated carbocycles. The Hall–Kier alpha value is -4.06. The minimum atomic E-state index is -0.357. The van der Waals surface area contributed by atoms with Crippen molar-refractivity contribution in [2.75, 3.05) is 0 Å². The first-order valence-electron chi connectivity index (χ1n) is 11.6. The van der Waals surface area contributed by atoms with Gasteiger partial charge >= 0.3 is 0 Å². The summed E-state index contributed by atoms with van der Waals surface area (Å²) in [6.45, 7) is 0.153. The summed E-state index contributed by atoms with van der Waals surface area (Å²) in [5.41, 5.74) is 1.74. The molecule has 1 amide bonds. The minimum absolute atomic E-state index is 0.0867. The number of aromatic nitrogens is 2. The molecule has 0 saturated heterocycles. The molecular formula is C28H25N3O3. The van der Waals surface area contributed by atoms with Gasteiger partial charge in [-0.25, -0.2) is 4.68 Å². The number of amides is 1. The summed E-state index contributed by atoms with van der Waals surface area (Å²) in [4.78, 5) is 39.2. The van der Waals surface area contributed by atoms with Crippen molar-refractivity contribution in [2.24, 2.45) is 0 Å². The fourth-order valence-corrected chi connectivity index (χ4v) is 4.68. The molecule has 1 aliphatic rings. The number of rotatable bonds is 6. The third-order valence-corrected chi connectivity index (χ3v) is 6.44. The minimum Gasteiger partial charge on any atom is -0.346 e. The van der Waals surface area contributed by atoms with Crippen molar-refractivity contribution < 1.29 is 9.59 Å². The van der Waals surface area contributed by atoms with Crippen molar-refractivity contribution in [3.8, 4) is 0 Å². The molecule has 1 fully saturated rings. The van der Waals surface area contributed by atoms with Crippen LogP contribution in [0, 0.1) is 0 Å². The smallest absolute Gasteiger partial charge is 0.274 e. The van der Waals surface area contributed by atoms with Crippen LogP contribution >= 0.6 is 0 Å². The second-order valence-electron chi connectivity index (χ2n) is 8.60. The lowest BCUT2D eigenvalue weighted by Crippen LogP contribution is -2.30. The van der Waals surface area contributed by atoms with Crippen molar-refractivity contribution in [3.63, 3.8) is 0 Å². The normalized spacial score (nSPS) is 13.8. The Morgan fingerprint density at radius 3 is 2.18 bits per heavy atom. The topological polar surface area (TPSA) is 81.1 Å². The number of benzene rings is 3. The number of hydrogen-bond donors (Lipinski definition) is 1. The van der Waals surface area contributed by atoms with Gasteiger partial charge in [0.15, 0.2) is 5.78 Å². The highest BCUT2D eigenvalue weighted by Crippen LogP contribution is 2.28. The number of fused-ring (bicyclic) bond motifs is 1. The maximum Gasteiger partial charge on any atom is 0.274 e. The lowest BCUT2D eigenvalue weighted by atomic mass is 9.98. The SMILES string of the molecule is O=C(NCc1nn(C2CCCC2)c(=O)c2ccccc12)c1ccccc1C(=O)c1ccccc1. The molecule has 4 aromatic rings. The van der Waals surface area contributed by atoms with Gasteiger partial charge < -0.3 is 5.32 Å². The van der Waals surface area contributed by atoms with Gasteiger partial charge in [-0.05, 0) is 25.0 Å². The van der Waals surface area contributed by atoms with E-state index < -0.39 is 0 Å². The summed E-state index contributed by atoms with van der Waals surface area (Å²) in [7, 11) is 0. The Morgan fingerprint density at radius 1 is 0.824 bits per heavy atom. The molecule has 1 aliphatic carbocycles. The van der Waals surface area contributed by atoms with Crippen LogP contribution in [0.1, 0.15) is 63.7 Å². The van der Waals surface area contributed by atoms with Gasteiger partial charge in [-0.2, -0.15) is 5.10 Å². The summed E-state index contributed by atoms with van der Waals surface area (Å²) in [5.74, 6) is -0.561. The van der Waals surface area contributed by atoms with Crippen LogP contribution in [-0.2, 0) is 6.54 Å². The molecule has 0 atom stereocenters. The van der Waals surface area contributed by atoms with Crippen LogP contribution in [0.3, 0.4) is 0 Å². The Morgan fingerprint density at radius 2 is 1.44 bits per heavy atom. The van der Waals surface area contributed by atoms with Crippen LogP contribution in [0.5, 0.6) is 0 Å². The molecule has 1 heterocycles. The van der Waals surface area contributed by atoms with Gasteiger partial charge in [-0.1, -0.05) is 79.6 Å². The molecule has 6 heteroatoms.